The highest BCUT2D eigenvalue weighted by molar-refractivity contribution is 7.99. The highest BCUT2D eigenvalue weighted by Crippen LogP contribution is 2.29. The summed E-state index contributed by atoms with van der Waals surface area (Å²) in [5.41, 5.74) is 2.64. The Kier molecular flexibility index (Phi) is 7.61. The van der Waals surface area contributed by atoms with E-state index >= 15 is 0 Å². The van der Waals surface area contributed by atoms with Crippen molar-refractivity contribution in [1.82, 2.24) is 19.9 Å². The minimum Gasteiger partial charge on any atom is -0.494 e. The molecule has 0 aliphatic heterocycles. The van der Waals surface area contributed by atoms with E-state index in [9.17, 15) is 4.79 Å². The predicted octanol–water partition coefficient (Wildman–Crippen LogP) is 4.49. The van der Waals surface area contributed by atoms with Crippen LogP contribution in [0.25, 0.3) is 22.6 Å². The van der Waals surface area contributed by atoms with Gasteiger partial charge in [-0.2, -0.15) is 0 Å². The van der Waals surface area contributed by atoms with Crippen molar-refractivity contribution in [3.05, 3.63) is 72.6 Å². The maximum absolute atomic E-state index is 13.1. The minimum atomic E-state index is -0.121. The SMILES string of the molecule is C=CCN(C(=O)CSc1nnc(-c2ccc(OCC)cc2)n1N)c1nc(-c2ccccc2)cs1. The molecule has 0 aliphatic rings. The topological polar surface area (TPSA) is 99.2 Å². The number of benzene rings is 2. The highest BCUT2D eigenvalue weighted by atomic mass is 32.2. The van der Waals surface area contributed by atoms with Crippen molar-refractivity contribution in [3.8, 4) is 28.4 Å². The molecule has 4 aromatic rings. The average molecular weight is 493 g/mol. The largest absolute Gasteiger partial charge is 0.494 e. The normalized spacial score (nSPS) is 10.7. The summed E-state index contributed by atoms with van der Waals surface area (Å²) >= 11 is 2.65. The quantitative estimate of drug-likeness (QED) is 0.198. The van der Waals surface area contributed by atoms with Crippen molar-refractivity contribution in [2.24, 2.45) is 0 Å². The lowest BCUT2D eigenvalue weighted by Crippen LogP contribution is -2.32. The molecule has 10 heteroatoms. The molecule has 2 N–H and O–H groups in total. The fourth-order valence-electron chi connectivity index (χ4n) is 3.19. The van der Waals surface area contributed by atoms with Crippen LogP contribution >= 0.6 is 23.1 Å². The van der Waals surface area contributed by atoms with Gasteiger partial charge in [-0.1, -0.05) is 48.2 Å². The van der Waals surface area contributed by atoms with Gasteiger partial charge in [-0.15, -0.1) is 28.1 Å². The van der Waals surface area contributed by atoms with Gasteiger partial charge in [0, 0.05) is 23.1 Å². The van der Waals surface area contributed by atoms with E-state index in [1.54, 1.807) is 11.0 Å². The second-order valence-corrected chi connectivity index (χ2v) is 8.88. The zero-order chi connectivity index (χ0) is 23.9. The van der Waals surface area contributed by atoms with Crippen LogP contribution in [-0.2, 0) is 4.79 Å². The Hall–Kier alpha value is -3.63. The maximum atomic E-state index is 13.1. The van der Waals surface area contributed by atoms with Gasteiger partial charge < -0.3 is 10.6 Å². The number of aromatic nitrogens is 4. The van der Waals surface area contributed by atoms with Gasteiger partial charge in [0.15, 0.2) is 11.0 Å². The first kappa shape index (κ1) is 23.5. The van der Waals surface area contributed by atoms with Gasteiger partial charge >= 0.3 is 0 Å². The maximum Gasteiger partial charge on any atom is 0.239 e. The van der Waals surface area contributed by atoms with Crippen LogP contribution in [0.3, 0.4) is 0 Å². The first-order valence-electron chi connectivity index (χ1n) is 10.6. The molecule has 1 amide bonds. The Bertz CT molecular complexity index is 1250. The van der Waals surface area contributed by atoms with Gasteiger partial charge in [-0.05, 0) is 31.2 Å². The summed E-state index contributed by atoms with van der Waals surface area (Å²) < 4.78 is 6.86. The molecule has 0 atom stereocenters. The number of ether oxygens (including phenoxy) is 1. The standard InChI is InChI=1S/C24H24N6O2S2/c1-3-14-29(23-26-20(15-33-23)17-8-6-5-7-9-17)21(31)16-34-24-28-27-22(30(24)25)18-10-12-19(13-11-18)32-4-2/h3,5-13,15H,1,4,14,16,25H2,2H3. The summed E-state index contributed by atoms with van der Waals surface area (Å²) in [5.74, 6) is 7.51. The number of nitrogen functional groups attached to an aromatic ring is 1. The lowest BCUT2D eigenvalue weighted by atomic mass is 10.2. The van der Waals surface area contributed by atoms with Crippen LogP contribution < -0.4 is 15.5 Å². The number of hydrogen-bond acceptors (Lipinski definition) is 8. The van der Waals surface area contributed by atoms with Crippen molar-refractivity contribution in [2.45, 2.75) is 12.1 Å². The lowest BCUT2D eigenvalue weighted by Gasteiger charge is -2.17. The summed E-state index contributed by atoms with van der Waals surface area (Å²) in [6.07, 6.45) is 1.68. The van der Waals surface area contributed by atoms with E-state index in [4.69, 9.17) is 10.6 Å². The van der Waals surface area contributed by atoms with Crippen LogP contribution in [0.2, 0.25) is 0 Å². The van der Waals surface area contributed by atoms with E-state index in [-0.39, 0.29) is 11.7 Å². The average Bonchev–Trinajstić information content (AvgIpc) is 3.49. The molecule has 0 unspecified atom stereocenters. The monoisotopic (exact) mass is 492 g/mol. The Labute approximate surface area is 206 Å². The van der Waals surface area contributed by atoms with Crippen LogP contribution in [0, 0.1) is 0 Å². The van der Waals surface area contributed by atoms with Gasteiger partial charge in [0.2, 0.25) is 11.1 Å². The van der Waals surface area contributed by atoms with E-state index in [2.05, 4.69) is 21.8 Å². The zero-order valence-corrected chi connectivity index (χ0v) is 20.3. The Morgan fingerprint density at radius 1 is 1.18 bits per heavy atom. The molecular weight excluding hydrogens is 468 g/mol. The molecular formula is C24H24N6O2S2. The molecule has 0 saturated carbocycles. The number of hydrogen-bond donors (Lipinski definition) is 1. The first-order valence-corrected chi connectivity index (χ1v) is 12.5. The smallest absolute Gasteiger partial charge is 0.239 e. The van der Waals surface area contributed by atoms with Gasteiger partial charge in [0.1, 0.15) is 5.75 Å². The number of anilines is 1. The van der Waals surface area contributed by atoms with Crippen molar-refractivity contribution in [3.63, 3.8) is 0 Å². The first-order chi connectivity index (χ1) is 16.6. The van der Waals surface area contributed by atoms with Crippen LogP contribution in [-0.4, -0.2) is 44.7 Å². The zero-order valence-electron chi connectivity index (χ0n) is 18.6. The van der Waals surface area contributed by atoms with E-state index in [1.165, 1.54) is 27.8 Å². The molecule has 2 heterocycles. The molecule has 174 valence electrons. The van der Waals surface area contributed by atoms with E-state index < -0.39 is 0 Å². The molecule has 0 saturated heterocycles. The molecule has 2 aromatic heterocycles. The van der Waals surface area contributed by atoms with Gasteiger partial charge in [-0.3, -0.25) is 9.69 Å². The molecule has 0 fully saturated rings. The molecule has 34 heavy (non-hydrogen) atoms. The summed E-state index contributed by atoms with van der Waals surface area (Å²) in [6.45, 7) is 6.66. The van der Waals surface area contributed by atoms with E-state index in [0.717, 1.165) is 22.6 Å². The fourth-order valence-corrected chi connectivity index (χ4v) is 4.78. The van der Waals surface area contributed by atoms with Gasteiger partial charge in [0.05, 0.1) is 18.1 Å². The Morgan fingerprint density at radius 2 is 1.94 bits per heavy atom. The van der Waals surface area contributed by atoms with Crippen LogP contribution in [0.15, 0.2) is 77.8 Å². The lowest BCUT2D eigenvalue weighted by molar-refractivity contribution is -0.116. The molecule has 0 radical (unpaired) electrons. The number of thiazole rings is 1. The molecule has 0 bridgehead atoms. The number of rotatable bonds is 10. The number of nitrogens with two attached hydrogens (primary N) is 1. The second-order valence-electron chi connectivity index (χ2n) is 7.10. The van der Waals surface area contributed by atoms with Crippen molar-refractivity contribution in [1.29, 1.82) is 0 Å². The van der Waals surface area contributed by atoms with Crippen molar-refractivity contribution < 1.29 is 9.53 Å². The summed E-state index contributed by atoms with van der Waals surface area (Å²) in [6, 6.07) is 17.3. The molecule has 8 nitrogen and oxygen atoms in total. The van der Waals surface area contributed by atoms with Gasteiger partial charge in [0.25, 0.3) is 0 Å². The second kappa shape index (κ2) is 11.0. The van der Waals surface area contributed by atoms with Crippen molar-refractivity contribution in [2.75, 3.05) is 29.6 Å². The number of carbonyl (C=O) groups is 1. The molecule has 2 aromatic carbocycles. The summed E-state index contributed by atoms with van der Waals surface area (Å²) in [7, 11) is 0. The van der Waals surface area contributed by atoms with Crippen LogP contribution in [0.1, 0.15) is 6.92 Å². The number of carbonyl (C=O) groups excluding carboxylic acids is 1. The number of amides is 1. The molecule has 0 spiro atoms. The third-order valence-corrected chi connectivity index (χ3v) is 6.61. The molecule has 4 rings (SSSR count). The number of thioether (sulfide) groups is 1. The predicted molar refractivity (Wildman–Crippen MR) is 138 cm³/mol. The summed E-state index contributed by atoms with van der Waals surface area (Å²) in [4.78, 5) is 19.3. The van der Waals surface area contributed by atoms with E-state index in [0.29, 0.717) is 29.3 Å². The number of nitrogens with zero attached hydrogens (tertiary/aromatic N) is 5. The fraction of sp³-hybridized carbons (Fsp3) is 0.167. The summed E-state index contributed by atoms with van der Waals surface area (Å²) in [5, 5.41) is 11.4. The highest BCUT2D eigenvalue weighted by Gasteiger charge is 2.21. The Morgan fingerprint density at radius 3 is 2.65 bits per heavy atom. The third kappa shape index (κ3) is 5.29. The third-order valence-electron chi connectivity index (χ3n) is 4.82. The van der Waals surface area contributed by atoms with E-state index in [1.807, 2.05) is 66.9 Å². The minimum absolute atomic E-state index is 0.121. The molecule has 0 aliphatic carbocycles. The van der Waals surface area contributed by atoms with Crippen molar-refractivity contribution >= 4 is 34.1 Å². The van der Waals surface area contributed by atoms with Crippen LogP contribution in [0.5, 0.6) is 5.75 Å². The van der Waals surface area contributed by atoms with Gasteiger partial charge in [-0.25, -0.2) is 9.66 Å². The Balaban J connectivity index is 1.45. The van der Waals surface area contributed by atoms with Crippen LogP contribution in [0.4, 0.5) is 5.13 Å².